The summed E-state index contributed by atoms with van der Waals surface area (Å²) in [4.78, 5) is 15.9. The summed E-state index contributed by atoms with van der Waals surface area (Å²) < 4.78 is 42.4. The van der Waals surface area contributed by atoms with Crippen LogP contribution in [0, 0.1) is 0 Å². The molecule has 0 aliphatic carbocycles. The maximum absolute atomic E-state index is 13.7. The Balaban J connectivity index is 1.46. The van der Waals surface area contributed by atoms with E-state index in [1.54, 1.807) is 23.1 Å². The molecule has 162 valence electrons. The van der Waals surface area contributed by atoms with Crippen LogP contribution >= 0.6 is 0 Å². The van der Waals surface area contributed by atoms with Gasteiger partial charge >= 0.3 is 12.2 Å². The van der Waals surface area contributed by atoms with Crippen molar-refractivity contribution in [3.05, 3.63) is 60.0 Å². The van der Waals surface area contributed by atoms with Crippen LogP contribution in [-0.4, -0.2) is 62.0 Å². The standard InChI is InChI=1S/C20H20F3N7O/c21-20(22,23)17-10-14(18-2-1-5-25-27-18)3-4-15(17)12-28-6-8-29(9-7-28)19(31)30-13-16(24)11-26-30/h1-5,10-11,13H,6-9,12,24H2. The molecule has 2 aromatic heterocycles. The number of rotatable bonds is 3. The van der Waals surface area contributed by atoms with Crippen molar-refractivity contribution >= 4 is 11.7 Å². The number of amides is 1. The summed E-state index contributed by atoms with van der Waals surface area (Å²) in [6.07, 6.45) is -0.208. The number of carbonyl (C=O) groups excluding carboxylic acids is 1. The van der Waals surface area contributed by atoms with Gasteiger partial charge in [-0.25, -0.2) is 4.79 Å². The first kappa shape index (κ1) is 20.8. The molecule has 1 aliphatic rings. The van der Waals surface area contributed by atoms with Gasteiger partial charge in [0.05, 0.1) is 29.3 Å². The van der Waals surface area contributed by atoms with Crippen molar-refractivity contribution in [3.8, 4) is 11.3 Å². The number of hydrogen-bond acceptors (Lipinski definition) is 6. The molecule has 2 N–H and O–H groups in total. The number of nitrogens with two attached hydrogens (primary N) is 1. The van der Waals surface area contributed by atoms with Gasteiger partial charge in [-0.15, -0.1) is 0 Å². The number of nitrogen functional groups attached to an aromatic ring is 1. The van der Waals surface area contributed by atoms with Crippen molar-refractivity contribution in [1.82, 2.24) is 29.8 Å². The van der Waals surface area contributed by atoms with Crippen molar-refractivity contribution in [2.75, 3.05) is 31.9 Å². The van der Waals surface area contributed by atoms with Crippen LogP contribution in [-0.2, 0) is 12.7 Å². The van der Waals surface area contributed by atoms with E-state index >= 15 is 0 Å². The van der Waals surface area contributed by atoms with E-state index in [-0.39, 0.29) is 18.1 Å². The van der Waals surface area contributed by atoms with E-state index in [1.807, 2.05) is 4.90 Å². The Morgan fingerprint density at radius 3 is 2.52 bits per heavy atom. The van der Waals surface area contributed by atoms with Crippen molar-refractivity contribution < 1.29 is 18.0 Å². The largest absolute Gasteiger partial charge is 0.416 e. The van der Waals surface area contributed by atoms with Crippen LogP contribution in [0.4, 0.5) is 23.7 Å². The molecule has 1 aromatic carbocycles. The Hall–Kier alpha value is -3.47. The van der Waals surface area contributed by atoms with Gasteiger partial charge in [-0.05, 0) is 23.8 Å². The predicted octanol–water partition coefficient (Wildman–Crippen LogP) is 2.73. The van der Waals surface area contributed by atoms with Gasteiger partial charge in [0.25, 0.3) is 0 Å². The molecular formula is C20H20F3N7O. The number of aromatic nitrogens is 4. The third-order valence-electron chi connectivity index (χ3n) is 5.12. The number of benzene rings is 1. The zero-order valence-electron chi connectivity index (χ0n) is 16.5. The molecular weight excluding hydrogens is 411 g/mol. The second-order valence-electron chi connectivity index (χ2n) is 7.24. The number of carbonyl (C=O) groups is 1. The first-order chi connectivity index (χ1) is 14.8. The number of halogens is 3. The van der Waals surface area contributed by atoms with Crippen molar-refractivity contribution in [1.29, 1.82) is 0 Å². The summed E-state index contributed by atoms with van der Waals surface area (Å²) in [5.41, 5.74) is 6.20. The van der Waals surface area contributed by atoms with Crippen LogP contribution in [0.5, 0.6) is 0 Å². The van der Waals surface area contributed by atoms with Crippen molar-refractivity contribution in [2.45, 2.75) is 12.7 Å². The second kappa shape index (κ2) is 8.34. The quantitative estimate of drug-likeness (QED) is 0.686. The molecule has 31 heavy (non-hydrogen) atoms. The highest BCUT2D eigenvalue weighted by atomic mass is 19.4. The van der Waals surface area contributed by atoms with E-state index < -0.39 is 11.7 Å². The average Bonchev–Trinajstić information content (AvgIpc) is 3.20. The third-order valence-corrected chi connectivity index (χ3v) is 5.12. The lowest BCUT2D eigenvalue weighted by atomic mass is 10.0. The predicted molar refractivity (Wildman–Crippen MR) is 107 cm³/mol. The van der Waals surface area contributed by atoms with E-state index in [0.29, 0.717) is 43.1 Å². The smallest absolute Gasteiger partial charge is 0.396 e. The summed E-state index contributed by atoms with van der Waals surface area (Å²) in [5, 5.41) is 11.5. The number of anilines is 1. The highest BCUT2D eigenvalue weighted by molar-refractivity contribution is 5.76. The normalized spacial score (nSPS) is 15.3. The first-order valence-corrected chi connectivity index (χ1v) is 9.61. The van der Waals surface area contributed by atoms with E-state index in [2.05, 4.69) is 15.3 Å². The van der Waals surface area contributed by atoms with Crippen LogP contribution in [0.1, 0.15) is 11.1 Å². The topological polar surface area (TPSA) is 93.2 Å². The molecule has 0 bridgehead atoms. The summed E-state index contributed by atoms with van der Waals surface area (Å²) in [6.45, 7) is 1.80. The lowest BCUT2D eigenvalue weighted by Crippen LogP contribution is -2.49. The maximum atomic E-state index is 13.7. The van der Waals surface area contributed by atoms with Crippen molar-refractivity contribution in [3.63, 3.8) is 0 Å². The van der Waals surface area contributed by atoms with Gasteiger partial charge in [0.15, 0.2) is 0 Å². The van der Waals surface area contributed by atoms with Gasteiger partial charge in [-0.3, -0.25) is 4.90 Å². The molecule has 0 saturated carbocycles. The monoisotopic (exact) mass is 431 g/mol. The Morgan fingerprint density at radius 2 is 1.90 bits per heavy atom. The van der Waals surface area contributed by atoms with Crippen molar-refractivity contribution in [2.24, 2.45) is 0 Å². The van der Waals surface area contributed by atoms with Gasteiger partial charge in [0.1, 0.15) is 0 Å². The molecule has 4 rings (SSSR count). The second-order valence-corrected chi connectivity index (χ2v) is 7.24. The minimum Gasteiger partial charge on any atom is -0.396 e. The lowest BCUT2D eigenvalue weighted by molar-refractivity contribution is -0.138. The van der Waals surface area contributed by atoms with E-state index in [4.69, 9.17) is 5.73 Å². The zero-order valence-corrected chi connectivity index (χ0v) is 16.5. The molecule has 11 heteroatoms. The van der Waals surface area contributed by atoms with Crippen LogP contribution in [0.15, 0.2) is 48.9 Å². The summed E-state index contributed by atoms with van der Waals surface area (Å²) in [7, 11) is 0. The molecule has 1 saturated heterocycles. The van der Waals surface area contributed by atoms with Crippen LogP contribution in [0.2, 0.25) is 0 Å². The van der Waals surface area contributed by atoms with Crippen LogP contribution in [0.25, 0.3) is 11.3 Å². The fourth-order valence-electron chi connectivity index (χ4n) is 3.52. The Kier molecular flexibility index (Phi) is 5.59. The molecule has 1 aliphatic heterocycles. The van der Waals surface area contributed by atoms with Crippen LogP contribution < -0.4 is 5.73 Å². The van der Waals surface area contributed by atoms with Gasteiger partial charge in [-0.1, -0.05) is 12.1 Å². The molecule has 0 spiro atoms. The molecule has 8 nitrogen and oxygen atoms in total. The first-order valence-electron chi connectivity index (χ1n) is 9.61. The van der Waals surface area contributed by atoms with Crippen LogP contribution in [0.3, 0.4) is 0 Å². The zero-order chi connectivity index (χ0) is 22.0. The Bertz CT molecular complexity index is 1060. The third kappa shape index (κ3) is 4.66. The summed E-state index contributed by atoms with van der Waals surface area (Å²) in [5.74, 6) is 0. The number of hydrogen-bond donors (Lipinski definition) is 1. The lowest BCUT2D eigenvalue weighted by Gasteiger charge is -2.34. The molecule has 3 aromatic rings. The molecule has 1 fully saturated rings. The SMILES string of the molecule is Nc1cnn(C(=O)N2CCN(Cc3ccc(-c4cccnn4)cc3C(F)(F)F)CC2)c1. The molecule has 0 atom stereocenters. The molecule has 3 heterocycles. The number of nitrogens with zero attached hydrogens (tertiary/aromatic N) is 6. The molecule has 0 radical (unpaired) electrons. The number of piperazine rings is 1. The van der Waals surface area contributed by atoms with Gasteiger partial charge in [0, 0.05) is 44.5 Å². The molecule has 1 amide bonds. The maximum Gasteiger partial charge on any atom is 0.416 e. The van der Waals surface area contributed by atoms with E-state index in [0.717, 1.165) is 10.7 Å². The molecule has 0 unspecified atom stereocenters. The minimum atomic E-state index is -4.49. The summed E-state index contributed by atoms with van der Waals surface area (Å²) >= 11 is 0. The van der Waals surface area contributed by atoms with E-state index in [9.17, 15) is 18.0 Å². The number of alkyl halides is 3. The highest BCUT2D eigenvalue weighted by Gasteiger charge is 2.34. The average molecular weight is 431 g/mol. The summed E-state index contributed by atoms with van der Waals surface area (Å²) in [6, 6.07) is 7.16. The van der Waals surface area contributed by atoms with Gasteiger partial charge in [-0.2, -0.15) is 33.1 Å². The fourth-order valence-corrected chi connectivity index (χ4v) is 3.52. The van der Waals surface area contributed by atoms with E-state index in [1.165, 1.54) is 24.7 Å². The van der Waals surface area contributed by atoms with Gasteiger partial charge < -0.3 is 10.6 Å². The highest BCUT2D eigenvalue weighted by Crippen LogP contribution is 2.35. The van der Waals surface area contributed by atoms with Gasteiger partial charge in [0.2, 0.25) is 0 Å². The fraction of sp³-hybridized carbons (Fsp3) is 0.300. The Morgan fingerprint density at radius 1 is 1.13 bits per heavy atom. The Labute approximate surface area is 176 Å². The minimum absolute atomic E-state index is 0.131.